The van der Waals surface area contributed by atoms with E-state index in [0.717, 1.165) is 23.8 Å². The highest BCUT2D eigenvalue weighted by atomic mass is 35.5. The molecule has 11 heteroatoms. The van der Waals surface area contributed by atoms with Crippen LogP contribution in [0.5, 0.6) is 0 Å². The largest absolute Gasteiger partial charge is 0.416 e. The van der Waals surface area contributed by atoms with Crippen molar-refractivity contribution in [3.8, 4) is 0 Å². The molecule has 1 unspecified atom stereocenters. The van der Waals surface area contributed by atoms with Gasteiger partial charge in [-0.1, -0.05) is 41.9 Å². The first-order valence-corrected chi connectivity index (χ1v) is 11.1. The van der Waals surface area contributed by atoms with Crippen molar-refractivity contribution in [1.82, 2.24) is 10.2 Å². The Bertz CT molecular complexity index is 1010. The number of hydrogen-bond donors (Lipinski definition) is 4. The Morgan fingerprint density at radius 3 is 2.56 bits per heavy atom. The molecule has 3 atom stereocenters. The molecular weight excluding hydrogens is 473 g/mol. The molecule has 1 fully saturated rings. The third-order valence-corrected chi connectivity index (χ3v) is 6.04. The van der Waals surface area contributed by atoms with Gasteiger partial charge in [0.1, 0.15) is 6.04 Å². The highest BCUT2D eigenvalue weighted by Crippen LogP contribution is 2.34. The van der Waals surface area contributed by atoms with Crippen LogP contribution < -0.4 is 16.4 Å². The standard InChI is InChI=1S/C23H26ClF3N4O3/c24-16-10-9-15(23(25,26)27)13-18(16)30-22(34)31-12-4-7-19(31)21(33)29-17(20(28)32)11-8-14-5-2-1-3-6-14/h1-3,5-6,9-10,13,17,19,22,30,34H,4,7-8,11-12H2,(H2,28,32)(H,29,33)/t17-,19-,22?/m0/s1. The van der Waals surface area contributed by atoms with Gasteiger partial charge in [-0.3, -0.25) is 9.59 Å². The van der Waals surface area contributed by atoms with Crippen molar-refractivity contribution < 1.29 is 27.9 Å². The lowest BCUT2D eigenvalue weighted by atomic mass is 10.0. The van der Waals surface area contributed by atoms with E-state index in [1.165, 1.54) is 4.90 Å². The zero-order valence-corrected chi connectivity index (χ0v) is 18.9. The molecule has 5 N–H and O–H groups in total. The Hall–Kier alpha value is -2.82. The highest BCUT2D eigenvalue weighted by molar-refractivity contribution is 6.33. The number of halogens is 4. The molecular formula is C23H26ClF3N4O3. The van der Waals surface area contributed by atoms with Crippen LogP contribution in [0.15, 0.2) is 48.5 Å². The third-order valence-electron chi connectivity index (χ3n) is 5.71. The monoisotopic (exact) mass is 498 g/mol. The molecule has 1 saturated heterocycles. The van der Waals surface area contributed by atoms with E-state index in [-0.39, 0.29) is 10.7 Å². The third kappa shape index (κ3) is 6.62. The molecule has 1 aliphatic rings. The highest BCUT2D eigenvalue weighted by Gasteiger charge is 2.37. The topological polar surface area (TPSA) is 108 Å². The van der Waals surface area contributed by atoms with Gasteiger partial charge in [-0.25, -0.2) is 4.90 Å². The SMILES string of the molecule is NC(=O)[C@H](CCc1ccccc1)NC(=O)[C@@H]1CCCN1C(O)Nc1cc(C(F)(F)F)ccc1Cl. The van der Waals surface area contributed by atoms with Crippen molar-refractivity contribution in [2.45, 2.75) is 50.3 Å². The molecule has 0 aromatic heterocycles. The van der Waals surface area contributed by atoms with Gasteiger partial charge in [0.05, 0.1) is 22.3 Å². The van der Waals surface area contributed by atoms with Crippen LogP contribution in [0.1, 0.15) is 30.4 Å². The number of aryl methyl sites for hydroxylation is 1. The van der Waals surface area contributed by atoms with Gasteiger partial charge in [0, 0.05) is 6.54 Å². The number of alkyl halides is 3. The summed E-state index contributed by atoms with van der Waals surface area (Å²) in [6.45, 7) is 0.314. The van der Waals surface area contributed by atoms with Gasteiger partial charge in [0.15, 0.2) is 6.35 Å². The number of carbonyl (C=O) groups excluding carboxylic acids is 2. The second kappa shape index (κ2) is 11.1. The molecule has 2 amide bonds. The average Bonchev–Trinajstić information content (AvgIpc) is 3.28. The first kappa shape index (κ1) is 25.8. The van der Waals surface area contributed by atoms with E-state index in [4.69, 9.17) is 17.3 Å². The minimum atomic E-state index is -4.58. The Morgan fingerprint density at radius 1 is 1.21 bits per heavy atom. The summed E-state index contributed by atoms with van der Waals surface area (Å²) in [5.41, 5.74) is 5.42. The van der Waals surface area contributed by atoms with Crippen molar-refractivity contribution in [2.24, 2.45) is 5.73 Å². The summed E-state index contributed by atoms with van der Waals surface area (Å²) in [5.74, 6) is -1.17. The fraction of sp³-hybridized carbons (Fsp3) is 0.391. The van der Waals surface area contributed by atoms with E-state index in [0.29, 0.717) is 32.2 Å². The number of primary amides is 1. The van der Waals surface area contributed by atoms with E-state index >= 15 is 0 Å². The van der Waals surface area contributed by atoms with Crippen molar-refractivity contribution in [3.63, 3.8) is 0 Å². The van der Waals surface area contributed by atoms with E-state index in [1.54, 1.807) is 0 Å². The lowest BCUT2D eigenvalue weighted by Crippen LogP contribution is -2.54. The molecule has 2 aromatic carbocycles. The van der Waals surface area contributed by atoms with Crippen LogP contribution in [0.25, 0.3) is 0 Å². The minimum Gasteiger partial charge on any atom is -0.368 e. The van der Waals surface area contributed by atoms with E-state index in [9.17, 15) is 27.9 Å². The number of nitrogens with one attached hydrogen (secondary N) is 2. The number of carbonyl (C=O) groups is 2. The van der Waals surface area contributed by atoms with Gasteiger partial charge < -0.3 is 21.5 Å². The van der Waals surface area contributed by atoms with Crippen molar-refractivity contribution >= 4 is 29.1 Å². The first-order chi connectivity index (χ1) is 16.1. The average molecular weight is 499 g/mol. The number of aliphatic hydroxyl groups excluding tert-OH is 1. The lowest BCUT2D eigenvalue weighted by Gasteiger charge is -2.30. The molecule has 34 heavy (non-hydrogen) atoms. The number of amides is 2. The maximum absolute atomic E-state index is 13.0. The van der Waals surface area contributed by atoms with Crippen molar-refractivity contribution in [2.75, 3.05) is 11.9 Å². The summed E-state index contributed by atoms with van der Waals surface area (Å²) in [6.07, 6.45) is -4.26. The Morgan fingerprint density at radius 2 is 1.91 bits per heavy atom. The summed E-state index contributed by atoms with van der Waals surface area (Å²) in [6, 6.07) is 10.4. The van der Waals surface area contributed by atoms with Crippen LogP contribution in [0.2, 0.25) is 5.02 Å². The minimum absolute atomic E-state index is 0.0121. The molecule has 184 valence electrons. The second-order valence-electron chi connectivity index (χ2n) is 8.09. The van der Waals surface area contributed by atoms with Crippen LogP contribution in [-0.2, 0) is 22.2 Å². The lowest BCUT2D eigenvalue weighted by molar-refractivity contribution is -0.137. The van der Waals surface area contributed by atoms with Crippen LogP contribution in [-0.4, -0.2) is 46.8 Å². The Labute approximate surface area is 200 Å². The van der Waals surface area contributed by atoms with E-state index in [2.05, 4.69) is 10.6 Å². The number of anilines is 1. The number of likely N-dealkylation sites (tertiary alicyclic amines) is 1. The zero-order valence-electron chi connectivity index (χ0n) is 18.2. The molecule has 3 rings (SSSR count). The fourth-order valence-electron chi connectivity index (χ4n) is 3.91. The molecule has 0 aliphatic carbocycles. The van der Waals surface area contributed by atoms with Crippen LogP contribution in [0.3, 0.4) is 0 Å². The van der Waals surface area contributed by atoms with E-state index in [1.807, 2.05) is 30.3 Å². The first-order valence-electron chi connectivity index (χ1n) is 10.8. The van der Waals surface area contributed by atoms with Gasteiger partial charge in [-0.15, -0.1) is 0 Å². The summed E-state index contributed by atoms with van der Waals surface area (Å²) >= 11 is 5.99. The molecule has 2 aromatic rings. The molecule has 0 saturated carbocycles. The quantitative estimate of drug-likeness (QED) is 0.397. The normalized spacial score (nSPS) is 18.3. The maximum Gasteiger partial charge on any atom is 0.416 e. The van der Waals surface area contributed by atoms with Crippen molar-refractivity contribution in [1.29, 1.82) is 0 Å². The Kier molecular flexibility index (Phi) is 8.40. The number of hydrogen-bond acceptors (Lipinski definition) is 5. The van der Waals surface area contributed by atoms with Crippen molar-refractivity contribution in [3.05, 3.63) is 64.7 Å². The predicted octanol–water partition coefficient (Wildman–Crippen LogP) is 3.11. The fourth-order valence-corrected chi connectivity index (χ4v) is 4.08. The maximum atomic E-state index is 13.0. The van der Waals surface area contributed by atoms with Crippen LogP contribution in [0.4, 0.5) is 18.9 Å². The smallest absolute Gasteiger partial charge is 0.368 e. The number of nitrogens with zero attached hydrogens (tertiary/aromatic N) is 1. The molecule has 7 nitrogen and oxygen atoms in total. The van der Waals surface area contributed by atoms with Crippen LogP contribution >= 0.6 is 11.6 Å². The second-order valence-corrected chi connectivity index (χ2v) is 8.50. The van der Waals surface area contributed by atoms with Crippen LogP contribution in [0, 0.1) is 0 Å². The molecule has 1 aliphatic heterocycles. The molecule has 0 radical (unpaired) electrons. The molecule has 0 spiro atoms. The number of aliphatic hydroxyl groups is 1. The number of benzene rings is 2. The van der Waals surface area contributed by atoms with Gasteiger partial charge in [0.25, 0.3) is 0 Å². The van der Waals surface area contributed by atoms with Gasteiger partial charge in [0.2, 0.25) is 11.8 Å². The summed E-state index contributed by atoms with van der Waals surface area (Å²) < 4.78 is 39.1. The zero-order chi connectivity index (χ0) is 24.9. The summed E-state index contributed by atoms with van der Waals surface area (Å²) in [5, 5.41) is 15.8. The molecule has 0 bridgehead atoms. The molecule has 1 heterocycles. The van der Waals surface area contributed by atoms with Gasteiger partial charge in [-0.05, 0) is 49.4 Å². The Balaban J connectivity index is 1.65. The van der Waals surface area contributed by atoms with Gasteiger partial charge in [-0.2, -0.15) is 13.2 Å². The van der Waals surface area contributed by atoms with Gasteiger partial charge >= 0.3 is 6.18 Å². The van der Waals surface area contributed by atoms with E-state index < -0.39 is 42.0 Å². The summed E-state index contributed by atoms with van der Waals surface area (Å²) in [7, 11) is 0. The number of rotatable bonds is 9. The predicted molar refractivity (Wildman–Crippen MR) is 122 cm³/mol. The summed E-state index contributed by atoms with van der Waals surface area (Å²) in [4.78, 5) is 26.2. The number of nitrogens with two attached hydrogens (primary N) is 1.